The quantitative estimate of drug-likeness (QED) is 0.893. The SMILES string of the molecule is Nc1nc(N)c2c(n1)CCC(/C(Cl)=C/c1ccccc1)C2. The fraction of sp³-hybridized carbons (Fsp3) is 0.250. The minimum atomic E-state index is 0.246. The van der Waals surface area contributed by atoms with Crippen molar-refractivity contribution in [3.05, 3.63) is 52.2 Å². The molecule has 2 aromatic rings. The third-order valence-electron chi connectivity index (χ3n) is 3.82. The van der Waals surface area contributed by atoms with Crippen LogP contribution in [-0.2, 0) is 12.8 Å². The second-order valence-electron chi connectivity index (χ2n) is 5.27. The van der Waals surface area contributed by atoms with Gasteiger partial charge in [-0.1, -0.05) is 41.9 Å². The third kappa shape index (κ3) is 3.00. The largest absolute Gasteiger partial charge is 0.383 e. The molecule has 0 saturated carbocycles. The molecular weight excluding hydrogens is 284 g/mol. The molecule has 0 amide bonds. The molecule has 0 spiro atoms. The van der Waals surface area contributed by atoms with Crippen LogP contribution in [0, 0.1) is 5.92 Å². The average Bonchev–Trinajstić information content (AvgIpc) is 2.47. The second-order valence-corrected chi connectivity index (χ2v) is 5.71. The summed E-state index contributed by atoms with van der Waals surface area (Å²) in [6, 6.07) is 10.1. The van der Waals surface area contributed by atoms with Gasteiger partial charge in [0.25, 0.3) is 0 Å². The van der Waals surface area contributed by atoms with E-state index >= 15 is 0 Å². The zero-order chi connectivity index (χ0) is 14.8. The third-order valence-corrected chi connectivity index (χ3v) is 4.23. The van der Waals surface area contributed by atoms with Gasteiger partial charge in [0, 0.05) is 10.6 Å². The van der Waals surface area contributed by atoms with Crippen LogP contribution in [-0.4, -0.2) is 9.97 Å². The van der Waals surface area contributed by atoms with Crippen LogP contribution < -0.4 is 11.5 Å². The number of fused-ring (bicyclic) bond motifs is 1. The number of allylic oxidation sites excluding steroid dienone is 1. The first-order valence-electron chi connectivity index (χ1n) is 6.96. The Morgan fingerprint density at radius 3 is 2.71 bits per heavy atom. The second kappa shape index (κ2) is 5.74. The number of nitrogens with two attached hydrogens (primary N) is 2. The number of halogens is 1. The van der Waals surface area contributed by atoms with Crippen molar-refractivity contribution in [1.82, 2.24) is 9.97 Å². The fourth-order valence-corrected chi connectivity index (χ4v) is 3.03. The molecule has 0 bridgehead atoms. The molecule has 0 radical (unpaired) electrons. The zero-order valence-electron chi connectivity index (χ0n) is 11.6. The molecule has 4 N–H and O–H groups in total. The Hall–Kier alpha value is -2.07. The summed E-state index contributed by atoms with van der Waals surface area (Å²) in [4.78, 5) is 8.32. The number of nitrogens with zero attached hydrogens (tertiary/aromatic N) is 2. The van der Waals surface area contributed by atoms with Gasteiger partial charge in [-0.05, 0) is 36.8 Å². The van der Waals surface area contributed by atoms with Crippen molar-refractivity contribution in [2.45, 2.75) is 19.3 Å². The molecular formula is C16H17ClN4. The van der Waals surface area contributed by atoms with E-state index in [1.54, 1.807) is 0 Å². The highest BCUT2D eigenvalue weighted by Crippen LogP contribution is 2.34. The van der Waals surface area contributed by atoms with Gasteiger partial charge < -0.3 is 11.5 Å². The molecule has 1 aromatic heterocycles. The number of aryl methyl sites for hydroxylation is 1. The minimum Gasteiger partial charge on any atom is -0.383 e. The predicted molar refractivity (Wildman–Crippen MR) is 86.6 cm³/mol. The lowest BCUT2D eigenvalue weighted by Gasteiger charge is -2.24. The normalized spacial score (nSPS) is 18.3. The summed E-state index contributed by atoms with van der Waals surface area (Å²) in [5.41, 5.74) is 14.7. The van der Waals surface area contributed by atoms with Crippen LogP contribution in [0.3, 0.4) is 0 Å². The molecule has 1 aromatic carbocycles. The van der Waals surface area contributed by atoms with Gasteiger partial charge in [-0.25, -0.2) is 4.98 Å². The lowest BCUT2D eigenvalue weighted by atomic mass is 9.86. The number of rotatable bonds is 2. The van der Waals surface area contributed by atoms with E-state index in [1.165, 1.54) is 0 Å². The van der Waals surface area contributed by atoms with E-state index in [4.69, 9.17) is 23.1 Å². The maximum Gasteiger partial charge on any atom is 0.222 e. The zero-order valence-corrected chi connectivity index (χ0v) is 12.3. The van der Waals surface area contributed by atoms with Gasteiger partial charge >= 0.3 is 0 Å². The van der Waals surface area contributed by atoms with Gasteiger partial charge in [0.2, 0.25) is 5.95 Å². The number of anilines is 2. The molecule has 0 saturated heterocycles. The minimum absolute atomic E-state index is 0.246. The van der Waals surface area contributed by atoms with Gasteiger partial charge in [0.1, 0.15) is 5.82 Å². The van der Waals surface area contributed by atoms with Crippen LogP contribution in [0.4, 0.5) is 11.8 Å². The summed E-state index contributed by atoms with van der Waals surface area (Å²) in [5.74, 6) is 0.982. The van der Waals surface area contributed by atoms with Crippen molar-refractivity contribution < 1.29 is 0 Å². The summed E-state index contributed by atoms with van der Waals surface area (Å²) >= 11 is 6.50. The Morgan fingerprint density at radius 2 is 1.95 bits per heavy atom. The van der Waals surface area contributed by atoms with Crippen LogP contribution in [0.25, 0.3) is 6.08 Å². The predicted octanol–water partition coefficient (Wildman–Crippen LogP) is 3.03. The summed E-state index contributed by atoms with van der Waals surface area (Å²) in [7, 11) is 0. The first-order chi connectivity index (χ1) is 10.1. The Kier molecular flexibility index (Phi) is 3.80. The van der Waals surface area contributed by atoms with Crippen LogP contribution in [0.15, 0.2) is 35.4 Å². The fourth-order valence-electron chi connectivity index (χ4n) is 2.72. The number of aromatic nitrogens is 2. The number of hydrogen-bond donors (Lipinski definition) is 2. The van der Waals surface area contributed by atoms with Crippen LogP contribution in [0.1, 0.15) is 23.2 Å². The van der Waals surface area contributed by atoms with Crippen molar-refractivity contribution in [2.75, 3.05) is 11.5 Å². The number of benzene rings is 1. The van der Waals surface area contributed by atoms with Crippen molar-refractivity contribution in [1.29, 1.82) is 0 Å². The molecule has 1 aliphatic rings. The first-order valence-corrected chi connectivity index (χ1v) is 7.34. The van der Waals surface area contributed by atoms with E-state index in [0.29, 0.717) is 5.82 Å². The highest BCUT2D eigenvalue weighted by molar-refractivity contribution is 6.31. The number of hydrogen-bond acceptors (Lipinski definition) is 4. The summed E-state index contributed by atoms with van der Waals surface area (Å²) in [6.07, 6.45) is 4.57. The molecule has 0 aliphatic heterocycles. The first kappa shape index (κ1) is 13.9. The van der Waals surface area contributed by atoms with E-state index < -0.39 is 0 Å². The molecule has 3 rings (SSSR count). The lowest BCUT2D eigenvalue weighted by molar-refractivity contribution is 0.537. The molecule has 1 heterocycles. The van der Waals surface area contributed by atoms with E-state index in [-0.39, 0.29) is 11.9 Å². The molecule has 21 heavy (non-hydrogen) atoms. The maximum absolute atomic E-state index is 6.50. The van der Waals surface area contributed by atoms with Crippen molar-refractivity contribution >= 4 is 29.4 Å². The van der Waals surface area contributed by atoms with Crippen LogP contribution in [0.2, 0.25) is 0 Å². The van der Waals surface area contributed by atoms with Gasteiger partial charge in [0.15, 0.2) is 0 Å². The van der Waals surface area contributed by atoms with Crippen LogP contribution >= 0.6 is 11.6 Å². The Labute approximate surface area is 128 Å². The van der Waals surface area contributed by atoms with E-state index in [0.717, 1.165) is 41.1 Å². The standard InChI is InChI=1S/C16H17ClN4/c17-13(8-10-4-2-1-3-5-10)11-6-7-14-12(9-11)15(18)21-16(19)20-14/h1-5,8,11H,6-7,9H2,(H4,18,19,20,21)/b13-8-. The summed E-state index contributed by atoms with van der Waals surface area (Å²) in [6.45, 7) is 0. The van der Waals surface area contributed by atoms with Gasteiger partial charge in [-0.2, -0.15) is 4.98 Å². The van der Waals surface area contributed by atoms with Gasteiger partial charge in [-0.15, -0.1) is 0 Å². The Balaban J connectivity index is 1.85. The molecule has 1 unspecified atom stereocenters. The van der Waals surface area contributed by atoms with Gasteiger partial charge in [-0.3, -0.25) is 0 Å². The topological polar surface area (TPSA) is 77.8 Å². The summed E-state index contributed by atoms with van der Waals surface area (Å²) in [5, 5.41) is 0.850. The highest BCUT2D eigenvalue weighted by Gasteiger charge is 2.24. The Bertz CT molecular complexity index is 682. The van der Waals surface area contributed by atoms with E-state index in [1.807, 2.05) is 36.4 Å². The molecule has 0 fully saturated rings. The highest BCUT2D eigenvalue weighted by atomic mass is 35.5. The molecule has 5 heteroatoms. The smallest absolute Gasteiger partial charge is 0.222 e. The molecule has 108 valence electrons. The summed E-state index contributed by atoms with van der Waals surface area (Å²) < 4.78 is 0. The van der Waals surface area contributed by atoms with Gasteiger partial charge in [0.05, 0.1) is 5.69 Å². The average molecular weight is 301 g/mol. The number of nitrogen functional groups attached to an aromatic ring is 2. The molecule has 4 nitrogen and oxygen atoms in total. The lowest BCUT2D eigenvalue weighted by Crippen LogP contribution is -2.19. The van der Waals surface area contributed by atoms with Crippen molar-refractivity contribution in [3.8, 4) is 0 Å². The molecule has 1 aliphatic carbocycles. The Morgan fingerprint density at radius 1 is 1.19 bits per heavy atom. The monoisotopic (exact) mass is 300 g/mol. The van der Waals surface area contributed by atoms with Crippen molar-refractivity contribution in [2.24, 2.45) is 5.92 Å². The van der Waals surface area contributed by atoms with E-state index in [9.17, 15) is 0 Å². The van der Waals surface area contributed by atoms with E-state index in [2.05, 4.69) is 9.97 Å². The maximum atomic E-state index is 6.50. The van der Waals surface area contributed by atoms with Crippen LogP contribution in [0.5, 0.6) is 0 Å². The molecule has 1 atom stereocenters. The van der Waals surface area contributed by atoms with Crippen molar-refractivity contribution in [3.63, 3.8) is 0 Å².